The number of benzene rings is 1. The van der Waals surface area contributed by atoms with Gasteiger partial charge in [-0.05, 0) is 31.5 Å². The summed E-state index contributed by atoms with van der Waals surface area (Å²) in [6.07, 6.45) is 0.331. The summed E-state index contributed by atoms with van der Waals surface area (Å²) >= 11 is 0. The van der Waals surface area contributed by atoms with Crippen molar-refractivity contribution >= 4 is 11.1 Å². The van der Waals surface area contributed by atoms with E-state index in [1.807, 2.05) is 25.1 Å². The Balaban J connectivity index is 2.33. The Labute approximate surface area is 94.1 Å². The third kappa shape index (κ3) is 2.23. The van der Waals surface area contributed by atoms with Crippen molar-refractivity contribution in [1.29, 1.82) is 0 Å². The highest BCUT2D eigenvalue weighted by molar-refractivity contribution is 5.73. The zero-order valence-corrected chi connectivity index (χ0v) is 9.53. The van der Waals surface area contributed by atoms with Crippen molar-refractivity contribution in [2.45, 2.75) is 25.9 Å². The maximum absolute atomic E-state index is 9.83. The molecule has 0 radical (unpaired) electrons. The average Bonchev–Trinajstić information content (AvgIpc) is 2.58. The fourth-order valence-corrected chi connectivity index (χ4v) is 1.55. The molecule has 0 saturated heterocycles. The van der Waals surface area contributed by atoms with E-state index < -0.39 is 5.60 Å². The average molecular weight is 220 g/mol. The minimum Gasteiger partial charge on any atom is -0.441 e. The van der Waals surface area contributed by atoms with E-state index >= 15 is 0 Å². The largest absolute Gasteiger partial charge is 0.441 e. The molecule has 1 heterocycles. The van der Waals surface area contributed by atoms with Crippen LogP contribution in [0, 0.1) is 6.92 Å². The summed E-state index contributed by atoms with van der Waals surface area (Å²) in [5.41, 5.74) is 7.18. The first-order chi connectivity index (χ1) is 7.50. The Morgan fingerprint density at radius 2 is 2.25 bits per heavy atom. The minimum absolute atomic E-state index is 0.185. The second-order valence-corrected chi connectivity index (χ2v) is 4.46. The predicted molar refractivity (Wildman–Crippen MR) is 62.1 cm³/mol. The highest BCUT2D eigenvalue weighted by Gasteiger charge is 2.22. The first-order valence-electron chi connectivity index (χ1n) is 5.29. The highest BCUT2D eigenvalue weighted by Crippen LogP contribution is 2.19. The Bertz CT molecular complexity index is 503. The van der Waals surface area contributed by atoms with Crippen molar-refractivity contribution in [1.82, 2.24) is 4.98 Å². The van der Waals surface area contributed by atoms with Gasteiger partial charge in [-0.3, -0.25) is 0 Å². The zero-order valence-electron chi connectivity index (χ0n) is 9.53. The summed E-state index contributed by atoms with van der Waals surface area (Å²) in [6.45, 7) is 3.86. The first kappa shape index (κ1) is 11.1. The summed E-state index contributed by atoms with van der Waals surface area (Å²) in [5, 5.41) is 9.83. The number of hydrogen-bond acceptors (Lipinski definition) is 4. The quantitative estimate of drug-likeness (QED) is 0.819. The summed E-state index contributed by atoms with van der Waals surface area (Å²) in [5.74, 6) is 0.524. The number of aliphatic hydroxyl groups is 1. The van der Waals surface area contributed by atoms with Gasteiger partial charge in [-0.15, -0.1) is 0 Å². The number of nitrogens with two attached hydrogens (primary N) is 1. The standard InChI is InChI=1S/C12H16N2O2/c1-8-3-4-9-10(5-8)16-11(14-9)6-12(2,15)7-13/h3-5,15H,6-7,13H2,1-2H3. The SMILES string of the molecule is Cc1ccc2nc(CC(C)(O)CN)oc2c1. The molecule has 0 bridgehead atoms. The second-order valence-electron chi connectivity index (χ2n) is 4.46. The van der Waals surface area contributed by atoms with E-state index in [9.17, 15) is 5.11 Å². The lowest BCUT2D eigenvalue weighted by molar-refractivity contribution is 0.0632. The molecule has 0 aliphatic rings. The lowest BCUT2D eigenvalue weighted by atomic mass is 10.0. The normalized spacial score (nSPS) is 15.2. The van der Waals surface area contributed by atoms with Gasteiger partial charge in [0.25, 0.3) is 0 Å². The molecule has 0 spiro atoms. The first-order valence-corrected chi connectivity index (χ1v) is 5.29. The topological polar surface area (TPSA) is 72.3 Å². The number of fused-ring (bicyclic) bond motifs is 1. The van der Waals surface area contributed by atoms with Gasteiger partial charge in [0.1, 0.15) is 5.52 Å². The molecule has 86 valence electrons. The molecule has 4 nitrogen and oxygen atoms in total. The van der Waals surface area contributed by atoms with Crippen molar-refractivity contribution in [3.05, 3.63) is 29.7 Å². The van der Waals surface area contributed by atoms with Crippen molar-refractivity contribution in [2.75, 3.05) is 6.54 Å². The lowest BCUT2D eigenvalue weighted by Gasteiger charge is -2.18. The van der Waals surface area contributed by atoms with E-state index in [0.29, 0.717) is 12.3 Å². The number of hydrogen-bond donors (Lipinski definition) is 2. The van der Waals surface area contributed by atoms with Crippen LogP contribution >= 0.6 is 0 Å². The van der Waals surface area contributed by atoms with Gasteiger partial charge in [0.15, 0.2) is 11.5 Å². The molecule has 0 fully saturated rings. The van der Waals surface area contributed by atoms with Crippen LogP contribution in [0.4, 0.5) is 0 Å². The van der Waals surface area contributed by atoms with Gasteiger partial charge in [-0.2, -0.15) is 0 Å². The van der Waals surface area contributed by atoms with Gasteiger partial charge in [0.05, 0.1) is 12.0 Å². The number of aromatic nitrogens is 1. The number of nitrogens with zero attached hydrogens (tertiary/aromatic N) is 1. The molecule has 16 heavy (non-hydrogen) atoms. The van der Waals surface area contributed by atoms with Crippen LogP contribution in [0.5, 0.6) is 0 Å². The lowest BCUT2D eigenvalue weighted by Crippen LogP contribution is -2.36. The molecule has 0 aliphatic carbocycles. The van der Waals surface area contributed by atoms with Crippen molar-refractivity contribution in [3.63, 3.8) is 0 Å². The molecule has 2 aromatic rings. The van der Waals surface area contributed by atoms with E-state index in [1.165, 1.54) is 0 Å². The van der Waals surface area contributed by atoms with Crippen LogP contribution in [0.25, 0.3) is 11.1 Å². The molecule has 3 N–H and O–H groups in total. The van der Waals surface area contributed by atoms with Gasteiger partial charge in [0, 0.05) is 6.54 Å². The second kappa shape index (κ2) is 3.88. The van der Waals surface area contributed by atoms with E-state index in [-0.39, 0.29) is 6.54 Å². The van der Waals surface area contributed by atoms with E-state index in [4.69, 9.17) is 10.2 Å². The summed E-state index contributed by atoms with van der Waals surface area (Å²) in [4.78, 5) is 4.30. The highest BCUT2D eigenvalue weighted by atomic mass is 16.4. The maximum Gasteiger partial charge on any atom is 0.198 e. The van der Waals surface area contributed by atoms with Gasteiger partial charge in [0.2, 0.25) is 0 Å². The van der Waals surface area contributed by atoms with Crippen LogP contribution in [0.2, 0.25) is 0 Å². The van der Waals surface area contributed by atoms with E-state index in [2.05, 4.69) is 4.98 Å². The molecule has 0 saturated carbocycles. The third-order valence-electron chi connectivity index (χ3n) is 2.56. The molecule has 2 rings (SSSR count). The summed E-state index contributed by atoms with van der Waals surface area (Å²) in [7, 11) is 0. The summed E-state index contributed by atoms with van der Waals surface area (Å²) in [6, 6.07) is 5.83. The Morgan fingerprint density at radius 3 is 2.94 bits per heavy atom. The maximum atomic E-state index is 9.83. The fourth-order valence-electron chi connectivity index (χ4n) is 1.55. The van der Waals surface area contributed by atoms with Crippen molar-refractivity contribution in [3.8, 4) is 0 Å². The smallest absolute Gasteiger partial charge is 0.198 e. The third-order valence-corrected chi connectivity index (χ3v) is 2.56. The van der Waals surface area contributed by atoms with Gasteiger partial charge >= 0.3 is 0 Å². The van der Waals surface area contributed by atoms with Crippen LogP contribution in [-0.4, -0.2) is 22.2 Å². The molecular weight excluding hydrogens is 204 g/mol. The number of rotatable bonds is 3. The molecule has 4 heteroatoms. The van der Waals surface area contributed by atoms with Crippen molar-refractivity contribution < 1.29 is 9.52 Å². The van der Waals surface area contributed by atoms with Crippen LogP contribution < -0.4 is 5.73 Å². The molecule has 0 aliphatic heterocycles. The molecule has 1 aromatic heterocycles. The fraction of sp³-hybridized carbons (Fsp3) is 0.417. The zero-order chi connectivity index (χ0) is 11.8. The minimum atomic E-state index is -0.962. The Hall–Kier alpha value is -1.39. The molecule has 1 unspecified atom stereocenters. The van der Waals surface area contributed by atoms with E-state index in [1.54, 1.807) is 6.92 Å². The molecule has 1 aromatic carbocycles. The molecular formula is C12H16N2O2. The van der Waals surface area contributed by atoms with Crippen LogP contribution in [0.15, 0.2) is 22.6 Å². The van der Waals surface area contributed by atoms with Crippen LogP contribution in [0.3, 0.4) is 0 Å². The Morgan fingerprint density at radius 1 is 1.50 bits per heavy atom. The monoisotopic (exact) mass is 220 g/mol. The van der Waals surface area contributed by atoms with Gasteiger partial charge in [-0.25, -0.2) is 4.98 Å². The van der Waals surface area contributed by atoms with Crippen LogP contribution in [0.1, 0.15) is 18.4 Å². The number of oxazole rings is 1. The number of aryl methyl sites for hydroxylation is 1. The Kier molecular flexibility index (Phi) is 2.69. The molecule has 0 amide bonds. The molecule has 1 atom stereocenters. The summed E-state index contributed by atoms with van der Waals surface area (Å²) < 4.78 is 5.56. The van der Waals surface area contributed by atoms with Crippen LogP contribution in [-0.2, 0) is 6.42 Å². The van der Waals surface area contributed by atoms with Gasteiger partial charge < -0.3 is 15.3 Å². The van der Waals surface area contributed by atoms with E-state index in [0.717, 1.165) is 16.7 Å². The van der Waals surface area contributed by atoms with Gasteiger partial charge in [-0.1, -0.05) is 6.07 Å². The predicted octanol–water partition coefficient (Wildman–Crippen LogP) is 1.39. The van der Waals surface area contributed by atoms with Crippen molar-refractivity contribution in [2.24, 2.45) is 5.73 Å².